The van der Waals surface area contributed by atoms with E-state index in [1.807, 2.05) is 24.3 Å². The van der Waals surface area contributed by atoms with Crippen LogP contribution in [-0.2, 0) is 20.9 Å². The summed E-state index contributed by atoms with van der Waals surface area (Å²) < 4.78 is 22.6. The van der Waals surface area contributed by atoms with E-state index in [0.29, 0.717) is 6.61 Å². The molecule has 0 N–H and O–H groups in total. The predicted molar refractivity (Wildman–Crippen MR) is 79.1 cm³/mol. The van der Waals surface area contributed by atoms with Crippen LogP contribution < -0.4 is 9.47 Å². The number of fused-ring (bicyclic) bond motifs is 4. The number of ether oxygens (including phenoxy) is 4. The zero-order valence-corrected chi connectivity index (χ0v) is 12.4. The van der Waals surface area contributed by atoms with Crippen molar-refractivity contribution in [1.82, 2.24) is 0 Å². The van der Waals surface area contributed by atoms with Crippen molar-refractivity contribution in [1.29, 1.82) is 0 Å². The van der Waals surface area contributed by atoms with E-state index in [2.05, 4.69) is 0 Å². The van der Waals surface area contributed by atoms with Gasteiger partial charge in [-0.05, 0) is 0 Å². The van der Waals surface area contributed by atoms with E-state index in [9.17, 15) is 4.79 Å². The number of carbonyl (C=O) groups is 1. The van der Waals surface area contributed by atoms with Crippen LogP contribution in [0, 0.1) is 0 Å². The maximum Gasteiger partial charge on any atom is 0.309 e. The van der Waals surface area contributed by atoms with Gasteiger partial charge in [0.05, 0.1) is 27.2 Å². The largest absolute Gasteiger partial charge is 0.496 e. The number of carbonyl (C=O) groups excluding carboxylic acids is 1. The second-order valence-electron chi connectivity index (χ2n) is 5.47. The van der Waals surface area contributed by atoms with Gasteiger partial charge < -0.3 is 18.9 Å². The van der Waals surface area contributed by atoms with Crippen LogP contribution in [0.25, 0.3) is 10.8 Å². The number of hydrogen-bond acceptors (Lipinski definition) is 5. The average molecular weight is 300 g/mol. The smallest absolute Gasteiger partial charge is 0.309 e. The molecule has 0 spiro atoms. The molecule has 5 heteroatoms. The SMILES string of the molecule is COc1c2c(c(OC)c3ccccc13)[C@H]1OC(=O)C[C@H]1OC2. The fraction of sp³-hybridized carbons (Fsp3) is 0.353. The fourth-order valence-corrected chi connectivity index (χ4v) is 3.46. The Labute approximate surface area is 127 Å². The van der Waals surface area contributed by atoms with Gasteiger partial charge in [-0.25, -0.2) is 0 Å². The zero-order chi connectivity index (χ0) is 15.3. The van der Waals surface area contributed by atoms with Crippen LogP contribution in [0.1, 0.15) is 23.7 Å². The first-order valence-corrected chi connectivity index (χ1v) is 7.21. The molecule has 2 atom stereocenters. The Hall–Kier alpha value is -2.27. The molecular weight excluding hydrogens is 284 g/mol. The van der Waals surface area contributed by atoms with Crippen LogP contribution in [0.15, 0.2) is 24.3 Å². The molecule has 0 aromatic heterocycles. The molecule has 0 amide bonds. The summed E-state index contributed by atoms with van der Waals surface area (Å²) in [7, 11) is 3.27. The van der Waals surface area contributed by atoms with Gasteiger partial charge in [0.15, 0.2) is 6.10 Å². The highest BCUT2D eigenvalue weighted by molar-refractivity contribution is 5.96. The van der Waals surface area contributed by atoms with E-state index >= 15 is 0 Å². The van der Waals surface area contributed by atoms with Gasteiger partial charge in [0, 0.05) is 21.9 Å². The molecule has 114 valence electrons. The van der Waals surface area contributed by atoms with Gasteiger partial charge in [-0.2, -0.15) is 0 Å². The van der Waals surface area contributed by atoms with Crippen LogP contribution in [-0.4, -0.2) is 26.3 Å². The fourth-order valence-electron chi connectivity index (χ4n) is 3.46. The van der Waals surface area contributed by atoms with Crippen molar-refractivity contribution in [3.8, 4) is 11.5 Å². The summed E-state index contributed by atoms with van der Waals surface area (Å²) >= 11 is 0. The van der Waals surface area contributed by atoms with Crippen LogP contribution in [0.5, 0.6) is 11.5 Å². The highest BCUT2D eigenvalue weighted by Crippen LogP contribution is 2.50. The Morgan fingerprint density at radius 1 is 1.09 bits per heavy atom. The van der Waals surface area contributed by atoms with Crippen molar-refractivity contribution >= 4 is 16.7 Å². The van der Waals surface area contributed by atoms with Crippen molar-refractivity contribution in [3.05, 3.63) is 35.4 Å². The van der Waals surface area contributed by atoms with Crippen molar-refractivity contribution in [2.24, 2.45) is 0 Å². The van der Waals surface area contributed by atoms with Crippen molar-refractivity contribution in [2.45, 2.75) is 25.2 Å². The lowest BCUT2D eigenvalue weighted by Gasteiger charge is -2.30. The lowest BCUT2D eigenvalue weighted by Crippen LogP contribution is -2.25. The van der Waals surface area contributed by atoms with Gasteiger partial charge in [0.2, 0.25) is 0 Å². The van der Waals surface area contributed by atoms with Crippen LogP contribution in [0.4, 0.5) is 0 Å². The minimum Gasteiger partial charge on any atom is -0.496 e. The van der Waals surface area contributed by atoms with E-state index in [1.54, 1.807) is 14.2 Å². The highest BCUT2D eigenvalue weighted by Gasteiger charge is 2.44. The van der Waals surface area contributed by atoms with Crippen LogP contribution in [0.2, 0.25) is 0 Å². The summed E-state index contributed by atoms with van der Waals surface area (Å²) in [5, 5.41) is 1.91. The van der Waals surface area contributed by atoms with Crippen molar-refractivity contribution in [2.75, 3.05) is 14.2 Å². The third-order valence-corrected chi connectivity index (χ3v) is 4.36. The lowest BCUT2D eigenvalue weighted by molar-refractivity contribution is -0.142. The monoisotopic (exact) mass is 300 g/mol. The minimum absolute atomic E-state index is 0.239. The summed E-state index contributed by atoms with van der Waals surface area (Å²) in [6, 6.07) is 7.88. The molecule has 1 saturated heterocycles. The Morgan fingerprint density at radius 3 is 2.45 bits per heavy atom. The second-order valence-corrected chi connectivity index (χ2v) is 5.47. The first kappa shape index (κ1) is 13.4. The number of rotatable bonds is 2. The summed E-state index contributed by atoms with van der Waals surface area (Å²) in [4.78, 5) is 11.7. The van der Waals surface area contributed by atoms with Crippen LogP contribution >= 0.6 is 0 Å². The quantitative estimate of drug-likeness (QED) is 0.798. The molecule has 22 heavy (non-hydrogen) atoms. The normalized spacial score (nSPS) is 22.9. The van der Waals surface area contributed by atoms with E-state index in [1.165, 1.54) is 0 Å². The minimum atomic E-state index is -0.426. The number of esters is 1. The molecular formula is C17H16O5. The van der Waals surface area contributed by atoms with Gasteiger partial charge in [-0.3, -0.25) is 4.79 Å². The Balaban J connectivity index is 2.06. The summed E-state index contributed by atoms with van der Waals surface area (Å²) in [5.74, 6) is 1.25. The molecule has 0 bridgehead atoms. The number of hydrogen-bond donors (Lipinski definition) is 0. The van der Waals surface area contributed by atoms with Gasteiger partial charge >= 0.3 is 5.97 Å². The standard InChI is InChI=1S/C17H16O5/c1-19-15-9-5-3-4-6-10(9)16(20-2)14-11(15)8-21-12-7-13(18)22-17(12)14/h3-6,12,17H,7-8H2,1-2H3/t12-,17+/m1/s1. The lowest BCUT2D eigenvalue weighted by atomic mass is 9.90. The maximum absolute atomic E-state index is 11.7. The van der Waals surface area contributed by atoms with E-state index in [0.717, 1.165) is 33.4 Å². The number of benzene rings is 2. The summed E-state index contributed by atoms with van der Waals surface area (Å²) in [5.41, 5.74) is 1.77. The molecule has 2 aliphatic heterocycles. The molecule has 2 aromatic carbocycles. The summed E-state index contributed by atoms with van der Waals surface area (Å²) in [6.07, 6.45) is -0.396. The highest BCUT2D eigenvalue weighted by atomic mass is 16.6. The molecule has 1 fully saturated rings. The molecule has 2 heterocycles. The van der Waals surface area contributed by atoms with Gasteiger partial charge in [0.25, 0.3) is 0 Å². The zero-order valence-electron chi connectivity index (χ0n) is 12.4. The average Bonchev–Trinajstić information content (AvgIpc) is 2.92. The van der Waals surface area contributed by atoms with Crippen molar-refractivity contribution < 1.29 is 23.7 Å². The van der Waals surface area contributed by atoms with Crippen molar-refractivity contribution in [3.63, 3.8) is 0 Å². The first-order valence-electron chi connectivity index (χ1n) is 7.21. The molecule has 0 aliphatic carbocycles. The number of methoxy groups -OCH3 is 2. The molecule has 2 aromatic rings. The van der Waals surface area contributed by atoms with E-state index in [-0.39, 0.29) is 18.5 Å². The third kappa shape index (κ3) is 1.72. The molecule has 5 nitrogen and oxygen atoms in total. The van der Waals surface area contributed by atoms with Crippen LogP contribution in [0.3, 0.4) is 0 Å². The molecule has 0 saturated carbocycles. The topological polar surface area (TPSA) is 54.0 Å². The molecule has 4 rings (SSSR count). The van der Waals surface area contributed by atoms with Gasteiger partial charge in [-0.1, -0.05) is 24.3 Å². The first-order chi connectivity index (χ1) is 10.7. The third-order valence-electron chi connectivity index (χ3n) is 4.36. The van der Waals surface area contributed by atoms with E-state index in [4.69, 9.17) is 18.9 Å². The molecule has 2 aliphatic rings. The second kappa shape index (κ2) is 4.88. The Bertz CT molecular complexity index is 767. The van der Waals surface area contributed by atoms with Gasteiger partial charge in [-0.15, -0.1) is 0 Å². The van der Waals surface area contributed by atoms with E-state index < -0.39 is 6.10 Å². The Kier molecular flexibility index (Phi) is 2.97. The molecule has 0 unspecified atom stereocenters. The summed E-state index contributed by atoms with van der Waals surface area (Å²) in [6.45, 7) is 0.386. The maximum atomic E-state index is 11.7. The van der Waals surface area contributed by atoms with Gasteiger partial charge in [0.1, 0.15) is 17.6 Å². The Morgan fingerprint density at radius 2 is 1.77 bits per heavy atom. The predicted octanol–water partition coefficient (Wildman–Crippen LogP) is 2.74. The molecule has 0 radical (unpaired) electrons.